The van der Waals surface area contributed by atoms with E-state index in [0.29, 0.717) is 18.3 Å². The van der Waals surface area contributed by atoms with Gasteiger partial charge in [-0.25, -0.2) is 4.98 Å². The molecular formula is C19H28N6O2. The molecule has 1 amide bonds. The summed E-state index contributed by atoms with van der Waals surface area (Å²) in [5, 5.41) is 7.34. The van der Waals surface area contributed by atoms with E-state index < -0.39 is 0 Å². The highest BCUT2D eigenvalue weighted by Gasteiger charge is 2.52. The smallest absolute Gasteiger partial charge is 0.287 e. The lowest BCUT2D eigenvalue weighted by Crippen LogP contribution is -2.64. The first-order valence-electron chi connectivity index (χ1n) is 9.73. The fraction of sp³-hybridized carbons (Fsp3) is 0.632. The zero-order valence-electron chi connectivity index (χ0n) is 16.1. The summed E-state index contributed by atoms with van der Waals surface area (Å²) in [6.07, 6.45) is 9.50. The Morgan fingerprint density at radius 1 is 1.44 bits per heavy atom. The van der Waals surface area contributed by atoms with Crippen molar-refractivity contribution in [3.8, 4) is 0 Å². The van der Waals surface area contributed by atoms with Gasteiger partial charge in [0.1, 0.15) is 0 Å². The Kier molecular flexibility index (Phi) is 5.01. The molecule has 4 rings (SSSR count). The van der Waals surface area contributed by atoms with E-state index in [-0.39, 0.29) is 11.5 Å². The van der Waals surface area contributed by atoms with E-state index in [2.05, 4.69) is 33.4 Å². The van der Waals surface area contributed by atoms with Crippen molar-refractivity contribution in [1.82, 2.24) is 29.5 Å². The monoisotopic (exact) mass is 372 g/mol. The molecule has 1 spiro atoms. The van der Waals surface area contributed by atoms with Crippen LogP contribution in [0.5, 0.6) is 0 Å². The minimum Gasteiger partial charge on any atom is -0.372 e. The fourth-order valence-corrected chi connectivity index (χ4v) is 4.31. The van der Waals surface area contributed by atoms with Gasteiger partial charge in [-0.2, -0.15) is 5.10 Å². The summed E-state index contributed by atoms with van der Waals surface area (Å²) < 4.78 is 9.84. The van der Waals surface area contributed by atoms with Gasteiger partial charge in [-0.3, -0.25) is 14.4 Å². The van der Waals surface area contributed by atoms with Crippen LogP contribution in [0.15, 0.2) is 24.8 Å². The van der Waals surface area contributed by atoms with Crippen LogP contribution in [-0.2, 0) is 24.9 Å². The van der Waals surface area contributed by atoms with Crippen LogP contribution < -0.4 is 5.32 Å². The maximum absolute atomic E-state index is 12.2. The first-order valence-corrected chi connectivity index (χ1v) is 9.73. The third kappa shape index (κ3) is 3.64. The molecule has 4 heterocycles. The van der Waals surface area contributed by atoms with Crippen LogP contribution in [0.3, 0.4) is 0 Å². The highest BCUT2D eigenvalue weighted by molar-refractivity contribution is 5.90. The third-order valence-electron chi connectivity index (χ3n) is 5.80. The summed E-state index contributed by atoms with van der Waals surface area (Å²) in [4.78, 5) is 18.7. The molecular weight excluding hydrogens is 344 g/mol. The number of hydrogen-bond acceptors (Lipinski definition) is 5. The predicted octanol–water partition coefficient (Wildman–Crippen LogP) is 1.05. The van der Waals surface area contributed by atoms with E-state index >= 15 is 0 Å². The second-order valence-corrected chi connectivity index (χ2v) is 7.65. The van der Waals surface area contributed by atoms with Crippen LogP contribution in [-0.4, -0.2) is 62.0 Å². The standard InChI is InChI=1S/C19H28N6O2/c1-3-25-12-15(10-22-25)11-24-13-19(14-24)16(5-9-27-19)4-6-21-18(26)17-20-7-8-23(17)2/h7-8,10,12,16H,3-6,9,11,13-14H2,1-2H3,(H,21,26)/t16-/m0/s1. The molecule has 146 valence electrons. The lowest BCUT2D eigenvalue weighted by atomic mass is 9.79. The molecule has 0 radical (unpaired) electrons. The zero-order valence-corrected chi connectivity index (χ0v) is 16.1. The maximum atomic E-state index is 12.2. The van der Waals surface area contributed by atoms with Gasteiger partial charge in [-0.05, 0) is 25.7 Å². The van der Waals surface area contributed by atoms with Crippen LogP contribution in [0.25, 0.3) is 0 Å². The molecule has 8 nitrogen and oxygen atoms in total. The van der Waals surface area contributed by atoms with Gasteiger partial charge in [-0.1, -0.05) is 0 Å². The summed E-state index contributed by atoms with van der Waals surface area (Å²) >= 11 is 0. The van der Waals surface area contributed by atoms with Gasteiger partial charge in [0.25, 0.3) is 5.91 Å². The molecule has 2 saturated heterocycles. The number of carbonyl (C=O) groups is 1. The normalized spacial score (nSPS) is 21.5. The number of carbonyl (C=O) groups excluding carboxylic acids is 1. The summed E-state index contributed by atoms with van der Waals surface area (Å²) in [6.45, 7) is 7.32. The molecule has 2 aromatic heterocycles. The van der Waals surface area contributed by atoms with E-state index in [1.807, 2.05) is 17.9 Å². The molecule has 0 bridgehead atoms. The van der Waals surface area contributed by atoms with Crippen molar-refractivity contribution in [2.75, 3.05) is 26.2 Å². The van der Waals surface area contributed by atoms with Gasteiger partial charge in [0.05, 0.1) is 11.8 Å². The van der Waals surface area contributed by atoms with E-state index in [4.69, 9.17) is 4.74 Å². The highest BCUT2D eigenvalue weighted by Crippen LogP contribution is 2.42. The minimum atomic E-state index is -0.112. The lowest BCUT2D eigenvalue weighted by Gasteiger charge is -2.50. The average Bonchev–Trinajstić information content (AvgIpc) is 3.34. The van der Waals surface area contributed by atoms with Crippen molar-refractivity contribution in [3.05, 3.63) is 36.2 Å². The van der Waals surface area contributed by atoms with Gasteiger partial charge in [-0.15, -0.1) is 0 Å². The maximum Gasteiger partial charge on any atom is 0.287 e. The summed E-state index contributed by atoms with van der Waals surface area (Å²) in [6, 6.07) is 0. The zero-order chi connectivity index (χ0) is 18.9. The third-order valence-corrected chi connectivity index (χ3v) is 5.80. The summed E-state index contributed by atoms with van der Waals surface area (Å²) in [5.41, 5.74) is 1.22. The Morgan fingerprint density at radius 2 is 2.30 bits per heavy atom. The van der Waals surface area contributed by atoms with Gasteiger partial charge in [0, 0.05) is 70.5 Å². The Labute approximate surface area is 159 Å². The molecule has 0 aromatic carbocycles. The van der Waals surface area contributed by atoms with Gasteiger partial charge in [0.15, 0.2) is 5.82 Å². The number of likely N-dealkylation sites (tertiary alicyclic amines) is 1. The van der Waals surface area contributed by atoms with E-state index in [1.165, 1.54) is 5.56 Å². The van der Waals surface area contributed by atoms with Gasteiger partial charge >= 0.3 is 0 Å². The Bertz CT molecular complexity index is 792. The lowest BCUT2D eigenvalue weighted by molar-refractivity contribution is -0.136. The fourth-order valence-electron chi connectivity index (χ4n) is 4.31. The van der Waals surface area contributed by atoms with Gasteiger partial charge in [0.2, 0.25) is 0 Å². The first kappa shape index (κ1) is 18.2. The second kappa shape index (κ2) is 7.44. The van der Waals surface area contributed by atoms with Crippen molar-refractivity contribution in [2.45, 2.75) is 38.5 Å². The largest absolute Gasteiger partial charge is 0.372 e. The number of aryl methyl sites for hydroxylation is 2. The molecule has 2 aliphatic heterocycles. The van der Waals surface area contributed by atoms with Gasteiger partial charge < -0.3 is 14.6 Å². The summed E-state index contributed by atoms with van der Waals surface area (Å²) in [5.74, 6) is 0.835. The number of nitrogens with zero attached hydrogens (tertiary/aromatic N) is 5. The Balaban J connectivity index is 1.25. The molecule has 2 aliphatic rings. The molecule has 1 atom stereocenters. The molecule has 0 saturated carbocycles. The molecule has 0 aliphatic carbocycles. The molecule has 1 N–H and O–H groups in total. The molecule has 2 fully saturated rings. The highest BCUT2D eigenvalue weighted by atomic mass is 16.5. The van der Waals surface area contributed by atoms with E-state index in [9.17, 15) is 4.79 Å². The molecule has 27 heavy (non-hydrogen) atoms. The number of hydrogen-bond donors (Lipinski definition) is 1. The quantitative estimate of drug-likeness (QED) is 0.786. The van der Waals surface area contributed by atoms with Crippen LogP contribution in [0.4, 0.5) is 0 Å². The number of ether oxygens (including phenoxy) is 1. The predicted molar refractivity (Wildman–Crippen MR) is 100 cm³/mol. The number of aromatic nitrogens is 4. The Morgan fingerprint density at radius 3 is 3.00 bits per heavy atom. The van der Waals surface area contributed by atoms with Crippen molar-refractivity contribution in [1.29, 1.82) is 0 Å². The second-order valence-electron chi connectivity index (χ2n) is 7.65. The summed E-state index contributed by atoms with van der Waals surface area (Å²) in [7, 11) is 1.83. The van der Waals surface area contributed by atoms with Crippen molar-refractivity contribution < 1.29 is 9.53 Å². The van der Waals surface area contributed by atoms with Crippen molar-refractivity contribution in [3.63, 3.8) is 0 Å². The van der Waals surface area contributed by atoms with Crippen molar-refractivity contribution in [2.24, 2.45) is 13.0 Å². The van der Waals surface area contributed by atoms with Crippen LogP contribution in [0.1, 0.15) is 35.9 Å². The number of nitrogens with one attached hydrogen (secondary N) is 1. The SMILES string of the molecule is CCn1cc(CN2CC3(C2)OCC[C@@H]3CCNC(=O)c2nccn2C)cn1. The number of amides is 1. The topological polar surface area (TPSA) is 77.2 Å². The number of imidazole rings is 1. The average molecular weight is 372 g/mol. The number of rotatable bonds is 7. The molecule has 8 heteroatoms. The minimum absolute atomic E-state index is 0.0330. The van der Waals surface area contributed by atoms with Crippen LogP contribution in [0, 0.1) is 5.92 Å². The van der Waals surface area contributed by atoms with Crippen LogP contribution >= 0.6 is 0 Å². The van der Waals surface area contributed by atoms with E-state index in [0.717, 1.165) is 45.6 Å². The molecule has 2 aromatic rings. The Hall–Kier alpha value is -2.19. The van der Waals surface area contributed by atoms with E-state index in [1.54, 1.807) is 17.0 Å². The molecule has 0 unspecified atom stereocenters. The van der Waals surface area contributed by atoms with Crippen molar-refractivity contribution >= 4 is 5.91 Å². The van der Waals surface area contributed by atoms with Crippen LogP contribution in [0.2, 0.25) is 0 Å². The first-order chi connectivity index (χ1) is 13.1.